The van der Waals surface area contributed by atoms with Crippen LogP contribution >= 0.6 is 11.8 Å². The van der Waals surface area contributed by atoms with E-state index in [0.717, 1.165) is 12.8 Å². The van der Waals surface area contributed by atoms with Crippen molar-refractivity contribution in [2.45, 2.75) is 23.3 Å². The maximum Gasteiger partial charge on any atom is 0.177 e. The molecule has 0 atom stereocenters. The maximum absolute atomic E-state index is 14.0. The van der Waals surface area contributed by atoms with Crippen molar-refractivity contribution in [1.82, 2.24) is 0 Å². The van der Waals surface area contributed by atoms with Gasteiger partial charge in [-0.2, -0.15) is 0 Å². The van der Waals surface area contributed by atoms with E-state index < -0.39 is 5.54 Å². The van der Waals surface area contributed by atoms with Gasteiger partial charge in [0.25, 0.3) is 0 Å². The average Bonchev–Trinajstić information content (AvgIpc) is 3.06. The zero-order chi connectivity index (χ0) is 12.6. The number of halogens is 1. The molecule has 3 nitrogen and oxygen atoms in total. The maximum atomic E-state index is 14.0. The summed E-state index contributed by atoms with van der Waals surface area (Å²) in [6.07, 6.45) is 3.50. The molecule has 1 aliphatic carbocycles. The Hall–Kier alpha value is -0.940. The Labute approximate surface area is 104 Å². The first kappa shape index (κ1) is 12.5. The van der Waals surface area contributed by atoms with Crippen LogP contribution in [0.4, 0.5) is 4.39 Å². The van der Waals surface area contributed by atoms with E-state index in [1.54, 1.807) is 13.4 Å². The Kier molecular flexibility index (Phi) is 3.23. The molecule has 1 fully saturated rings. The van der Waals surface area contributed by atoms with E-state index in [9.17, 15) is 4.39 Å². The zero-order valence-electron chi connectivity index (χ0n) is 10.2. The van der Waals surface area contributed by atoms with E-state index in [4.69, 9.17) is 15.2 Å². The van der Waals surface area contributed by atoms with Crippen LogP contribution in [0.3, 0.4) is 0 Å². The Morgan fingerprint density at radius 2 is 1.88 bits per heavy atom. The Morgan fingerprint density at radius 1 is 1.29 bits per heavy atom. The van der Waals surface area contributed by atoms with Crippen molar-refractivity contribution in [2.75, 3.05) is 20.5 Å². The van der Waals surface area contributed by atoms with Crippen LogP contribution in [0.15, 0.2) is 11.0 Å². The van der Waals surface area contributed by atoms with Crippen LogP contribution in [0, 0.1) is 5.82 Å². The quantitative estimate of drug-likeness (QED) is 0.842. The summed E-state index contributed by atoms with van der Waals surface area (Å²) < 4.78 is 24.6. The highest BCUT2D eigenvalue weighted by Gasteiger charge is 2.44. The van der Waals surface area contributed by atoms with Crippen LogP contribution in [0.25, 0.3) is 0 Å². The monoisotopic (exact) mass is 257 g/mol. The van der Waals surface area contributed by atoms with E-state index in [1.165, 1.54) is 24.9 Å². The van der Waals surface area contributed by atoms with E-state index in [1.807, 2.05) is 0 Å². The van der Waals surface area contributed by atoms with Crippen molar-refractivity contribution in [3.8, 4) is 11.5 Å². The normalized spacial score (nSPS) is 16.8. The van der Waals surface area contributed by atoms with Gasteiger partial charge in [0.05, 0.1) is 19.1 Å². The summed E-state index contributed by atoms with van der Waals surface area (Å²) in [6, 6.07) is 1.47. The number of rotatable bonds is 4. The Morgan fingerprint density at radius 3 is 2.29 bits per heavy atom. The number of ether oxygens (including phenoxy) is 2. The Balaban J connectivity index is 2.65. The molecule has 0 amide bonds. The molecule has 1 aromatic rings. The van der Waals surface area contributed by atoms with E-state index in [-0.39, 0.29) is 5.82 Å². The highest BCUT2D eigenvalue weighted by molar-refractivity contribution is 7.98. The van der Waals surface area contributed by atoms with Crippen molar-refractivity contribution in [1.29, 1.82) is 0 Å². The lowest BCUT2D eigenvalue weighted by molar-refractivity contribution is 0.336. The fraction of sp³-hybridized carbons (Fsp3) is 0.500. The molecular weight excluding hydrogens is 241 g/mol. The second kappa shape index (κ2) is 4.38. The molecule has 1 aromatic carbocycles. The predicted molar refractivity (Wildman–Crippen MR) is 66.4 cm³/mol. The van der Waals surface area contributed by atoms with Gasteiger partial charge in [0.1, 0.15) is 5.82 Å². The smallest absolute Gasteiger partial charge is 0.177 e. The van der Waals surface area contributed by atoms with Gasteiger partial charge in [-0.3, -0.25) is 0 Å². The van der Waals surface area contributed by atoms with Gasteiger partial charge in [-0.15, -0.1) is 11.8 Å². The number of thioether (sulfide) groups is 1. The lowest BCUT2D eigenvalue weighted by atomic mass is 10.0. The molecule has 0 unspecified atom stereocenters. The van der Waals surface area contributed by atoms with Gasteiger partial charge in [-0.05, 0) is 25.2 Å². The van der Waals surface area contributed by atoms with Crippen LogP contribution in [-0.4, -0.2) is 20.5 Å². The SMILES string of the molecule is COc1c(C2(N)CC2)cc(F)c(SC)c1OC. The van der Waals surface area contributed by atoms with Gasteiger partial charge in [0.15, 0.2) is 11.5 Å². The standard InChI is InChI=1S/C12H16FNO2S/c1-15-9-7(12(14)4-5-12)6-8(13)11(17-3)10(9)16-2/h6H,4-5,14H2,1-3H3. The van der Waals surface area contributed by atoms with E-state index >= 15 is 0 Å². The molecule has 0 saturated heterocycles. The van der Waals surface area contributed by atoms with Crippen molar-refractivity contribution < 1.29 is 13.9 Å². The van der Waals surface area contributed by atoms with E-state index in [0.29, 0.717) is 22.0 Å². The highest BCUT2D eigenvalue weighted by Crippen LogP contribution is 2.51. The van der Waals surface area contributed by atoms with Gasteiger partial charge < -0.3 is 15.2 Å². The van der Waals surface area contributed by atoms with Crippen molar-refractivity contribution in [3.63, 3.8) is 0 Å². The molecule has 1 aliphatic rings. The number of hydrogen-bond donors (Lipinski definition) is 1. The number of hydrogen-bond acceptors (Lipinski definition) is 4. The summed E-state index contributed by atoms with van der Waals surface area (Å²) in [4.78, 5) is 0.456. The third-order valence-electron chi connectivity index (χ3n) is 3.08. The molecule has 0 aliphatic heterocycles. The molecule has 17 heavy (non-hydrogen) atoms. The molecule has 0 aromatic heterocycles. The minimum atomic E-state index is -0.448. The topological polar surface area (TPSA) is 44.5 Å². The molecule has 0 heterocycles. The summed E-state index contributed by atoms with van der Waals surface area (Å²) in [5, 5.41) is 0. The first-order valence-corrected chi connectivity index (χ1v) is 6.57. The second-order valence-electron chi connectivity index (χ2n) is 4.16. The highest BCUT2D eigenvalue weighted by atomic mass is 32.2. The van der Waals surface area contributed by atoms with Crippen LogP contribution in [0.2, 0.25) is 0 Å². The first-order chi connectivity index (χ1) is 8.07. The molecule has 0 bridgehead atoms. The van der Waals surface area contributed by atoms with Gasteiger partial charge in [-0.25, -0.2) is 4.39 Å². The lowest BCUT2D eigenvalue weighted by Gasteiger charge is -2.19. The predicted octanol–water partition coefficient (Wildman–Crippen LogP) is 2.51. The van der Waals surface area contributed by atoms with Gasteiger partial charge in [0, 0.05) is 11.1 Å². The van der Waals surface area contributed by atoms with Crippen LogP contribution in [0.5, 0.6) is 11.5 Å². The van der Waals surface area contributed by atoms with Crippen LogP contribution in [0.1, 0.15) is 18.4 Å². The summed E-state index contributed by atoms with van der Waals surface area (Å²) in [7, 11) is 3.06. The third kappa shape index (κ3) is 1.98. The second-order valence-corrected chi connectivity index (χ2v) is 4.98. The zero-order valence-corrected chi connectivity index (χ0v) is 11.0. The average molecular weight is 257 g/mol. The summed E-state index contributed by atoms with van der Waals surface area (Å²) in [6.45, 7) is 0. The van der Waals surface area contributed by atoms with Crippen LogP contribution in [-0.2, 0) is 5.54 Å². The number of nitrogens with two attached hydrogens (primary N) is 1. The summed E-state index contributed by atoms with van der Waals surface area (Å²) in [5.74, 6) is 0.687. The van der Waals surface area contributed by atoms with Gasteiger partial charge >= 0.3 is 0 Å². The lowest BCUT2D eigenvalue weighted by Crippen LogP contribution is -2.20. The van der Waals surface area contributed by atoms with Crippen LogP contribution < -0.4 is 15.2 Å². The molecular formula is C12H16FNO2S. The minimum absolute atomic E-state index is 0.304. The van der Waals surface area contributed by atoms with Crippen molar-refractivity contribution in [3.05, 3.63) is 17.4 Å². The summed E-state index contributed by atoms with van der Waals surface area (Å²) in [5.41, 5.74) is 6.37. The Bertz CT molecular complexity index is 447. The molecule has 94 valence electrons. The molecule has 1 saturated carbocycles. The molecule has 2 rings (SSSR count). The minimum Gasteiger partial charge on any atom is -0.492 e. The number of benzene rings is 1. The largest absolute Gasteiger partial charge is 0.492 e. The first-order valence-electron chi connectivity index (χ1n) is 5.35. The third-order valence-corrected chi connectivity index (χ3v) is 3.87. The molecule has 0 radical (unpaired) electrons. The molecule has 2 N–H and O–H groups in total. The van der Waals surface area contributed by atoms with Gasteiger partial charge in [-0.1, -0.05) is 0 Å². The van der Waals surface area contributed by atoms with Gasteiger partial charge in [0.2, 0.25) is 0 Å². The fourth-order valence-corrected chi connectivity index (χ4v) is 2.56. The molecule has 5 heteroatoms. The van der Waals surface area contributed by atoms with Crippen molar-refractivity contribution >= 4 is 11.8 Å². The fourth-order valence-electron chi connectivity index (χ4n) is 1.94. The van der Waals surface area contributed by atoms with Crippen molar-refractivity contribution in [2.24, 2.45) is 5.73 Å². The summed E-state index contributed by atoms with van der Waals surface area (Å²) >= 11 is 1.30. The van der Waals surface area contributed by atoms with E-state index in [2.05, 4.69) is 0 Å². The number of methoxy groups -OCH3 is 2. The molecule has 0 spiro atoms.